The molecule has 2 heterocycles. The first kappa shape index (κ1) is 22.9. The molecule has 10 heteroatoms. The van der Waals surface area contributed by atoms with Crippen molar-refractivity contribution in [1.29, 1.82) is 0 Å². The molecule has 0 aliphatic carbocycles. The number of hydrogen-bond donors (Lipinski definition) is 1. The third-order valence-electron chi connectivity index (χ3n) is 5.02. The Balaban J connectivity index is 1.82. The van der Waals surface area contributed by atoms with E-state index in [1.54, 1.807) is 19.9 Å². The molecule has 0 amide bonds. The average molecular weight is 445 g/mol. The fraction of sp³-hybridized carbons (Fsp3) is 0.364. The minimum absolute atomic E-state index is 0.102. The number of nitrogens with one attached hydrogen (secondary N) is 1. The van der Waals surface area contributed by atoms with Crippen LogP contribution in [0.1, 0.15) is 24.2 Å². The first-order chi connectivity index (χ1) is 15.3. The van der Waals surface area contributed by atoms with Crippen molar-refractivity contribution >= 4 is 23.7 Å². The number of benzene rings is 1. The van der Waals surface area contributed by atoms with E-state index >= 15 is 0 Å². The van der Waals surface area contributed by atoms with Gasteiger partial charge < -0.3 is 29.0 Å². The second-order valence-corrected chi connectivity index (χ2v) is 7.01. The quantitative estimate of drug-likeness (QED) is 0.389. The molecule has 0 fully saturated rings. The number of methoxy groups -OCH3 is 2. The summed E-state index contributed by atoms with van der Waals surface area (Å²) >= 11 is 0. The lowest BCUT2D eigenvalue weighted by Gasteiger charge is -2.28. The summed E-state index contributed by atoms with van der Waals surface area (Å²) in [6.07, 6.45) is 0. The predicted octanol–water partition coefficient (Wildman–Crippen LogP) is 1.30. The van der Waals surface area contributed by atoms with Crippen LogP contribution in [0.2, 0.25) is 0 Å². The van der Waals surface area contributed by atoms with Crippen molar-refractivity contribution in [3.63, 3.8) is 0 Å². The molecule has 10 nitrogen and oxygen atoms in total. The molecule has 0 atom stereocenters. The molecule has 32 heavy (non-hydrogen) atoms. The monoisotopic (exact) mass is 445 g/mol. The number of carbonyl (C=O) groups excluding carboxylic acids is 4. The van der Waals surface area contributed by atoms with Gasteiger partial charge in [-0.3, -0.25) is 9.59 Å². The van der Waals surface area contributed by atoms with Crippen molar-refractivity contribution in [3.05, 3.63) is 46.3 Å². The number of ether oxygens (including phenoxy) is 5. The van der Waals surface area contributed by atoms with Gasteiger partial charge in [0.25, 0.3) is 0 Å². The van der Waals surface area contributed by atoms with Crippen LogP contribution in [0.15, 0.2) is 40.7 Å². The van der Waals surface area contributed by atoms with Crippen LogP contribution in [0.5, 0.6) is 11.5 Å². The summed E-state index contributed by atoms with van der Waals surface area (Å²) in [5, 5.41) is 2.87. The highest BCUT2D eigenvalue weighted by Gasteiger charge is 2.42. The number of rotatable bonds is 6. The van der Waals surface area contributed by atoms with E-state index in [1.165, 1.54) is 12.1 Å². The van der Waals surface area contributed by atoms with Crippen LogP contribution < -0.4 is 14.8 Å². The maximum absolute atomic E-state index is 13.0. The number of esters is 3. The molecule has 1 aromatic carbocycles. The Hall–Kier alpha value is -3.82. The van der Waals surface area contributed by atoms with Gasteiger partial charge in [0.2, 0.25) is 0 Å². The van der Waals surface area contributed by atoms with Gasteiger partial charge in [0.05, 0.1) is 25.4 Å². The summed E-state index contributed by atoms with van der Waals surface area (Å²) in [6.45, 7) is 3.29. The van der Waals surface area contributed by atoms with Crippen LogP contribution in [-0.4, -0.2) is 57.7 Å². The molecular weight excluding hydrogens is 422 g/mol. The number of Topliss-reactive ketones (excluding diaryl/α,β-unsaturated/α-hetero) is 1. The number of hydrogen-bond acceptors (Lipinski definition) is 10. The fourth-order valence-corrected chi connectivity index (χ4v) is 3.51. The molecule has 0 unspecified atom stereocenters. The minimum atomic E-state index is -1.41. The van der Waals surface area contributed by atoms with Crippen LogP contribution in [-0.2, 0) is 28.6 Å². The van der Waals surface area contributed by atoms with Crippen molar-refractivity contribution in [3.8, 4) is 11.5 Å². The van der Waals surface area contributed by atoms with Crippen LogP contribution in [0.3, 0.4) is 0 Å². The molecule has 0 saturated heterocycles. The first-order valence-electron chi connectivity index (χ1n) is 9.73. The van der Waals surface area contributed by atoms with Gasteiger partial charge in [0.1, 0.15) is 19.1 Å². The minimum Gasteiger partial charge on any atom is -0.486 e. The highest BCUT2D eigenvalue weighted by Crippen LogP contribution is 2.33. The van der Waals surface area contributed by atoms with Gasteiger partial charge in [-0.15, -0.1) is 0 Å². The number of allylic oxidation sites excluding steroid dienone is 2. The molecule has 0 aromatic heterocycles. The Morgan fingerprint density at radius 2 is 1.50 bits per heavy atom. The van der Waals surface area contributed by atoms with Crippen molar-refractivity contribution in [1.82, 2.24) is 5.32 Å². The Morgan fingerprint density at radius 1 is 0.938 bits per heavy atom. The summed E-state index contributed by atoms with van der Waals surface area (Å²) in [5.74, 6) is -3.56. The van der Waals surface area contributed by atoms with Gasteiger partial charge in [-0.1, -0.05) is 0 Å². The van der Waals surface area contributed by atoms with E-state index < -0.39 is 36.2 Å². The Kier molecular flexibility index (Phi) is 6.82. The second kappa shape index (κ2) is 9.54. The second-order valence-electron chi connectivity index (χ2n) is 7.01. The SMILES string of the molecule is COC(=O)C1=C(C)NC(C)=C(C(=O)OC)C1C(=O)OCC(=O)c1ccc2c(c1)OCCO2. The Morgan fingerprint density at radius 3 is 2.06 bits per heavy atom. The lowest BCUT2D eigenvalue weighted by Crippen LogP contribution is -2.38. The molecular formula is C22H23NO9. The number of dihydropyridines is 1. The molecule has 0 spiro atoms. The average Bonchev–Trinajstić information content (AvgIpc) is 2.80. The van der Waals surface area contributed by atoms with E-state index in [0.29, 0.717) is 36.1 Å². The third-order valence-corrected chi connectivity index (χ3v) is 5.02. The number of ketones is 1. The van der Waals surface area contributed by atoms with Crippen LogP contribution in [0, 0.1) is 5.92 Å². The summed E-state index contributed by atoms with van der Waals surface area (Å²) in [6, 6.07) is 4.63. The zero-order valence-electron chi connectivity index (χ0n) is 18.1. The van der Waals surface area contributed by atoms with Crippen LogP contribution in [0.4, 0.5) is 0 Å². The van der Waals surface area contributed by atoms with Crippen LogP contribution in [0.25, 0.3) is 0 Å². The molecule has 1 N–H and O–H groups in total. The van der Waals surface area contributed by atoms with Crippen molar-refractivity contribution in [2.75, 3.05) is 34.0 Å². The molecule has 2 aliphatic rings. The number of fused-ring (bicyclic) bond motifs is 1. The molecule has 3 rings (SSSR count). The largest absolute Gasteiger partial charge is 0.486 e. The fourth-order valence-electron chi connectivity index (χ4n) is 3.51. The van der Waals surface area contributed by atoms with E-state index in [4.69, 9.17) is 23.7 Å². The summed E-state index contributed by atoms with van der Waals surface area (Å²) < 4.78 is 25.6. The van der Waals surface area contributed by atoms with Gasteiger partial charge in [-0.25, -0.2) is 9.59 Å². The standard InChI is InChI=1S/C22H23NO9/c1-11-17(20(25)28-3)19(18(12(2)23-11)21(26)29-4)22(27)32-10-14(24)13-5-6-15-16(9-13)31-8-7-30-15/h5-6,9,19,23H,7-8,10H2,1-4H3. The third kappa shape index (κ3) is 4.43. The lowest BCUT2D eigenvalue weighted by molar-refractivity contribution is -0.150. The van der Waals surface area contributed by atoms with Crippen molar-refractivity contribution < 1.29 is 42.9 Å². The zero-order chi connectivity index (χ0) is 23.4. The van der Waals surface area contributed by atoms with E-state index in [0.717, 1.165) is 14.2 Å². The highest BCUT2D eigenvalue weighted by molar-refractivity contribution is 6.06. The van der Waals surface area contributed by atoms with Gasteiger partial charge in [-0.2, -0.15) is 0 Å². The summed E-state index contributed by atoms with van der Waals surface area (Å²) in [7, 11) is 2.30. The van der Waals surface area contributed by atoms with E-state index in [1.807, 2.05) is 0 Å². The molecule has 2 aliphatic heterocycles. The Bertz CT molecular complexity index is 1000. The van der Waals surface area contributed by atoms with Crippen molar-refractivity contribution in [2.45, 2.75) is 13.8 Å². The van der Waals surface area contributed by atoms with Gasteiger partial charge in [0, 0.05) is 17.0 Å². The van der Waals surface area contributed by atoms with Gasteiger partial charge in [0.15, 0.2) is 23.9 Å². The molecule has 0 radical (unpaired) electrons. The maximum Gasteiger partial charge on any atom is 0.336 e. The molecule has 1 aromatic rings. The van der Waals surface area contributed by atoms with E-state index in [2.05, 4.69) is 5.32 Å². The summed E-state index contributed by atoms with van der Waals surface area (Å²) in [4.78, 5) is 50.3. The van der Waals surface area contributed by atoms with Gasteiger partial charge >= 0.3 is 17.9 Å². The van der Waals surface area contributed by atoms with Gasteiger partial charge in [-0.05, 0) is 32.0 Å². The summed E-state index contributed by atoms with van der Waals surface area (Å²) in [5.41, 5.74) is 0.696. The first-order valence-corrected chi connectivity index (χ1v) is 9.73. The lowest BCUT2D eigenvalue weighted by atomic mass is 9.85. The smallest absolute Gasteiger partial charge is 0.336 e. The molecule has 170 valence electrons. The van der Waals surface area contributed by atoms with E-state index in [-0.39, 0.29) is 16.7 Å². The molecule has 0 bridgehead atoms. The predicted molar refractivity (Wildman–Crippen MR) is 109 cm³/mol. The molecule has 0 saturated carbocycles. The topological polar surface area (TPSA) is 126 Å². The highest BCUT2D eigenvalue weighted by atomic mass is 16.6. The zero-order valence-corrected chi connectivity index (χ0v) is 18.1. The van der Waals surface area contributed by atoms with Crippen LogP contribution >= 0.6 is 0 Å². The number of carbonyl (C=O) groups is 4. The maximum atomic E-state index is 13.0. The van der Waals surface area contributed by atoms with E-state index in [9.17, 15) is 19.2 Å². The van der Waals surface area contributed by atoms with Crippen molar-refractivity contribution in [2.24, 2.45) is 5.92 Å². The normalized spacial score (nSPS) is 15.6. The Labute approximate surface area is 184 Å².